The van der Waals surface area contributed by atoms with E-state index in [4.69, 9.17) is 12.6 Å². The summed E-state index contributed by atoms with van der Waals surface area (Å²) in [7, 11) is 0. The maximum absolute atomic E-state index is 5.64. The number of benzene rings is 2. The largest absolute Gasteiger partial charge is 1.00 e. The van der Waals surface area contributed by atoms with Gasteiger partial charge in [-0.25, -0.2) is 0 Å². The van der Waals surface area contributed by atoms with Gasteiger partial charge in [-0.3, -0.25) is 4.98 Å². The van der Waals surface area contributed by atoms with E-state index in [1.54, 1.807) is 24.2 Å². The van der Waals surface area contributed by atoms with Crippen LogP contribution in [0.5, 0.6) is 0 Å². The second-order valence-corrected chi connectivity index (χ2v) is 7.78. The van der Waals surface area contributed by atoms with Gasteiger partial charge in [0, 0.05) is 18.1 Å². The minimum absolute atomic E-state index is 0. The summed E-state index contributed by atoms with van der Waals surface area (Å²) in [6.45, 7) is 2.19. The summed E-state index contributed by atoms with van der Waals surface area (Å²) < 4.78 is 0.895. The number of hydrogen-bond donors (Lipinski definition) is 1. The molecule has 1 aliphatic rings. The summed E-state index contributed by atoms with van der Waals surface area (Å²) in [6.07, 6.45) is 3.59. The molecule has 1 unspecified atom stereocenters. The Morgan fingerprint density at radius 2 is 1.71 bits per heavy atom. The zero-order valence-electron chi connectivity index (χ0n) is 13.6. The van der Waals surface area contributed by atoms with Crippen molar-refractivity contribution in [2.24, 2.45) is 0 Å². The van der Waals surface area contributed by atoms with Gasteiger partial charge in [0.1, 0.15) is 4.87 Å². The number of fused-ring (bicyclic) bond motifs is 1. The van der Waals surface area contributed by atoms with Gasteiger partial charge in [-0.15, -0.1) is 16.0 Å². The number of rotatable bonds is 2. The Hall–Kier alpha value is -1.44. The molecule has 2 aromatic carbocycles. The molecule has 0 aliphatic carbocycles. The van der Waals surface area contributed by atoms with Crippen LogP contribution in [0.1, 0.15) is 18.1 Å². The average molecular weight is 342 g/mol. The predicted molar refractivity (Wildman–Crippen MR) is 101 cm³/mol. The van der Waals surface area contributed by atoms with E-state index in [1.807, 2.05) is 12.1 Å². The molecule has 2 nitrogen and oxygen atoms in total. The second-order valence-electron chi connectivity index (χ2n) is 5.69. The molecule has 0 spiro atoms. The van der Waals surface area contributed by atoms with Crippen LogP contribution in [-0.4, -0.2) is 4.98 Å². The van der Waals surface area contributed by atoms with Crippen molar-refractivity contribution < 1.29 is 18.9 Å². The SMILES string of the molecule is CC1(c2cccc3ccccc23)NC(c2ccncc2)=C([S-])S1.[Li+]. The first-order valence-electron chi connectivity index (χ1n) is 7.44. The molecule has 5 heteroatoms. The molecular weight excluding hydrogens is 327 g/mol. The molecule has 0 saturated carbocycles. The Morgan fingerprint density at radius 1 is 1.00 bits per heavy atom. The van der Waals surface area contributed by atoms with Crippen molar-refractivity contribution in [1.82, 2.24) is 10.3 Å². The minimum atomic E-state index is -0.267. The maximum Gasteiger partial charge on any atom is 1.00 e. The van der Waals surface area contributed by atoms with Gasteiger partial charge in [-0.05, 0) is 41.0 Å². The Balaban J connectivity index is 0.00000169. The Bertz CT molecular complexity index is 906. The number of pyridine rings is 1. The van der Waals surface area contributed by atoms with E-state index in [9.17, 15) is 0 Å². The second kappa shape index (κ2) is 6.82. The van der Waals surface area contributed by atoms with E-state index in [0.717, 1.165) is 15.5 Å². The standard InChI is InChI=1S/C19H16N2S2.Li/c1-19(16-8-4-6-13-5-2-3-7-15(13)16)21-17(18(22)23-19)14-9-11-20-12-10-14;/h2-12,21-22H,1H3;/q;+1/p-1. The first-order valence-corrected chi connectivity index (χ1v) is 8.67. The number of aromatic nitrogens is 1. The molecule has 0 saturated heterocycles. The van der Waals surface area contributed by atoms with Crippen LogP contribution in [-0.2, 0) is 17.5 Å². The van der Waals surface area contributed by atoms with Crippen molar-refractivity contribution in [3.63, 3.8) is 0 Å². The van der Waals surface area contributed by atoms with E-state index in [-0.39, 0.29) is 23.7 Å². The van der Waals surface area contributed by atoms with Crippen LogP contribution >= 0.6 is 11.8 Å². The molecule has 4 rings (SSSR count). The van der Waals surface area contributed by atoms with Crippen LogP contribution in [0.4, 0.5) is 0 Å². The summed E-state index contributed by atoms with van der Waals surface area (Å²) in [6, 6.07) is 18.9. The molecule has 1 N–H and O–H groups in total. The Labute approximate surface area is 163 Å². The Morgan fingerprint density at radius 3 is 2.50 bits per heavy atom. The van der Waals surface area contributed by atoms with E-state index in [2.05, 4.69) is 59.7 Å². The molecule has 1 aliphatic heterocycles. The van der Waals surface area contributed by atoms with Crippen molar-refractivity contribution in [2.75, 3.05) is 0 Å². The van der Waals surface area contributed by atoms with Gasteiger partial charge in [-0.1, -0.05) is 42.5 Å². The molecular formula is C19H15LiN2S2. The fourth-order valence-electron chi connectivity index (χ4n) is 3.02. The smallest absolute Gasteiger partial charge is 0.771 e. The summed E-state index contributed by atoms with van der Waals surface area (Å²) in [5.74, 6) is 0. The normalized spacial score (nSPS) is 19.9. The van der Waals surface area contributed by atoms with Gasteiger partial charge in [-0.2, -0.15) is 0 Å². The molecule has 24 heavy (non-hydrogen) atoms. The molecule has 0 amide bonds. The first kappa shape index (κ1) is 17.4. The van der Waals surface area contributed by atoms with Crippen LogP contribution < -0.4 is 24.2 Å². The minimum Gasteiger partial charge on any atom is -0.771 e. The van der Waals surface area contributed by atoms with Crippen molar-refractivity contribution in [1.29, 1.82) is 0 Å². The Kier molecular flexibility index (Phi) is 4.94. The molecule has 0 bridgehead atoms. The first-order chi connectivity index (χ1) is 11.2. The zero-order chi connectivity index (χ0) is 15.9. The summed E-state index contributed by atoms with van der Waals surface area (Å²) in [5.41, 5.74) is 3.36. The van der Waals surface area contributed by atoms with Crippen molar-refractivity contribution in [2.45, 2.75) is 11.8 Å². The van der Waals surface area contributed by atoms with Crippen molar-refractivity contribution >= 4 is 40.9 Å². The van der Waals surface area contributed by atoms with Crippen molar-refractivity contribution in [3.8, 4) is 0 Å². The van der Waals surface area contributed by atoms with Gasteiger partial charge >= 0.3 is 18.9 Å². The molecule has 3 aromatic rings. The van der Waals surface area contributed by atoms with Gasteiger partial charge in [0.15, 0.2) is 0 Å². The molecule has 1 atom stereocenters. The number of nitrogens with zero attached hydrogens (tertiary/aromatic N) is 1. The summed E-state index contributed by atoms with van der Waals surface area (Å²) in [5, 5.41) is 6.16. The maximum atomic E-state index is 5.64. The molecule has 1 aromatic heterocycles. The summed E-state index contributed by atoms with van der Waals surface area (Å²) >= 11 is 7.34. The van der Waals surface area contributed by atoms with Crippen LogP contribution in [0, 0.1) is 0 Å². The van der Waals surface area contributed by atoms with Crippen LogP contribution in [0.15, 0.2) is 71.2 Å². The van der Waals surface area contributed by atoms with Gasteiger partial charge in [0.05, 0.1) is 0 Å². The average Bonchev–Trinajstić information content (AvgIpc) is 2.91. The van der Waals surface area contributed by atoms with E-state index >= 15 is 0 Å². The van der Waals surface area contributed by atoms with Gasteiger partial charge < -0.3 is 17.9 Å². The van der Waals surface area contributed by atoms with E-state index in [0.29, 0.717) is 0 Å². The third kappa shape index (κ3) is 2.96. The fourth-order valence-corrected chi connectivity index (χ4v) is 4.78. The van der Waals surface area contributed by atoms with Crippen molar-refractivity contribution in [3.05, 3.63) is 82.4 Å². The molecule has 114 valence electrons. The molecule has 0 fully saturated rings. The van der Waals surface area contributed by atoms with Crippen LogP contribution in [0.3, 0.4) is 0 Å². The summed E-state index contributed by atoms with van der Waals surface area (Å²) in [4.78, 5) is 3.82. The number of nitrogens with one attached hydrogen (secondary N) is 1. The van der Waals surface area contributed by atoms with Gasteiger partial charge in [0.25, 0.3) is 0 Å². The van der Waals surface area contributed by atoms with E-state index < -0.39 is 0 Å². The monoisotopic (exact) mass is 342 g/mol. The van der Waals surface area contributed by atoms with E-state index in [1.165, 1.54) is 16.3 Å². The number of thioether (sulfide) groups is 1. The quantitative estimate of drug-likeness (QED) is 0.565. The topological polar surface area (TPSA) is 24.9 Å². The van der Waals surface area contributed by atoms with Gasteiger partial charge in [0.2, 0.25) is 0 Å². The fraction of sp³-hybridized carbons (Fsp3) is 0.105. The van der Waals surface area contributed by atoms with Crippen LogP contribution in [0.2, 0.25) is 0 Å². The third-order valence-electron chi connectivity index (χ3n) is 4.14. The molecule has 2 heterocycles. The van der Waals surface area contributed by atoms with Crippen LogP contribution in [0.25, 0.3) is 16.5 Å². The third-order valence-corrected chi connectivity index (χ3v) is 5.71. The predicted octanol–water partition coefficient (Wildman–Crippen LogP) is 1.62. The zero-order valence-corrected chi connectivity index (χ0v) is 15.2. The number of hydrogen-bond acceptors (Lipinski definition) is 4. The molecule has 0 radical (unpaired) electrons.